The van der Waals surface area contributed by atoms with E-state index >= 15 is 0 Å². The molecule has 3 N–H and O–H groups in total. The maximum Gasteiger partial charge on any atom is 0.276 e. The van der Waals surface area contributed by atoms with Crippen molar-refractivity contribution in [1.29, 1.82) is 0 Å². The first-order valence-electron chi connectivity index (χ1n) is 7.89. The molecule has 0 spiro atoms. The van der Waals surface area contributed by atoms with E-state index in [1.165, 1.54) is 0 Å². The molecule has 0 bridgehead atoms. The zero-order valence-corrected chi connectivity index (χ0v) is 16.9. The summed E-state index contributed by atoms with van der Waals surface area (Å²) in [5.41, 5.74) is 5.83. The van der Waals surface area contributed by atoms with Crippen molar-refractivity contribution in [3.05, 3.63) is 58.6 Å². The maximum atomic E-state index is 11.8. The predicted octanol–water partition coefficient (Wildman–Crippen LogP) is 2.24. The van der Waals surface area contributed by atoms with Gasteiger partial charge in [0, 0.05) is 0 Å². The standard InChI is InChI=1S/C18H18BrN3O4S/c1-12-7-8-15(14(19)9-12)26-11-17(24)21-22-18(27)20-16(23)10-25-13-5-3-2-4-6-13/h2-9H,10-11H2,1H3,(H,21,24)(H2,20,22,23,27). The van der Waals surface area contributed by atoms with Gasteiger partial charge in [0.2, 0.25) is 0 Å². The molecule has 0 aliphatic rings. The van der Waals surface area contributed by atoms with Gasteiger partial charge in [-0.2, -0.15) is 0 Å². The highest BCUT2D eigenvalue weighted by Gasteiger charge is 2.08. The van der Waals surface area contributed by atoms with Crippen LogP contribution >= 0.6 is 28.1 Å². The molecule has 27 heavy (non-hydrogen) atoms. The van der Waals surface area contributed by atoms with Crippen molar-refractivity contribution in [3.8, 4) is 11.5 Å². The number of hydrogen-bond donors (Lipinski definition) is 3. The van der Waals surface area contributed by atoms with Crippen LogP contribution in [0.4, 0.5) is 0 Å². The average molecular weight is 452 g/mol. The highest BCUT2D eigenvalue weighted by molar-refractivity contribution is 9.10. The summed E-state index contributed by atoms with van der Waals surface area (Å²) < 4.78 is 11.4. The molecular weight excluding hydrogens is 434 g/mol. The van der Waals surface area contributed by atoms with Gasteiger partial charge in [0.1, 0.15) is 11.5 Å². The Kier molecular flexibility index (Phi) is 8.02. The lowest BCUT2D eigenvalue weighted by atomic mass is 10.2. The number of nitrogens with one attached hydrogen (secondary N) is 3. The van der Waals surface area contributed by atoms with Crippen LogP contribution in [0.25, 0.3) is 0 Å². The Hall–Kier alpha value is -2.65. The monoisotopic (exact) mass is 451 g/mol. The third-order valence-corrected chi connectivity index (χ3v) is 3.95. The van der Waals surface area contributed by atoms with Crippen LogP contribution in [0.3, 0.4) is 0 Å². The zero-order valence-electron chi connectivity index (χ0n) is 14.5. The van der Waals surface area contributed by atoms with E-state index in [-0.39, 0.29) is 18.3 Å². The smallest absolute Gasteiger partial charge is 0.276 e. The van der Waals surface area contributed by atoms with Crippen molar-refractivity contribution in [3.63, 3.8) is 0 Å². The van der Waals surface area contributed by atoms with Gasteiger partial charge in [0.15, 0.2) is 18.3 Å². The van der Waals surface area contributed by atoms with Gasteiger partial charge in [-0.3, -0.25) is 25.8 Å². The quantitative estimate of drug-likeness (QED) is 0.460. The van der Waals surface area contributed by atoms with E-state index in [9.17, 15) is 9.59 Å². The zero-order chi connectivity index (χ0) is 19.6. The number of ether oxygens (including phenoxy) is 2. The molecule has 2 amide bonds. The van der Waals surface area contributed by atoms with Gasteiger partial charge in [-0.15, -0.1) is 0 Å². The molecule has 7 nitrogen and oxygen atoms in total. The fraction of sp³-hybridized carbons (Fsp3) is 0.167. The SMILES string of the molecule is Cc1ccc(OCC(=O)NNC(=S)NC(=O)COc2ccccc2)c(Br)c1. The summed E-state index contributed by atoms with van der Waals surface area (Å²) in [4.78, 5) is 23.5. The summed E-state index contributed by atoms with van der Waals surface area (Å²) in [7, 11) is 0. The summed E-state index contributed by atoms with van der Waals surface area (Å²) >= 11 is 8.30. The summed E-state index contributed by atoms with van der Waals surface area (Å²) in [5, 5.41) is 2.33. The van der Waals surface area contributed by atoms with E-state index in [0.29, 0.717) is 11.5 Å². The second-order valence-electron chi connectivity index (χ2n) is 5.37. The normalized spacial score (nSPS) is 9.85. The number of aryl methyl sites for hydroxylation is 1. The number of halogens is 1. The first-order chi connectivity index (χ1) is 12.9. The van der Waals surface area contributed by atoms with Gasteiger partial charge in [0.25, 0.3) is 11.8 Å². The lowest BCUT2D eigenvalue weighted by Crippen LogP contribution is -2.50. The molecule has 0 atom stereocenters. The van der Waals surface area contributed by atoms with Crippen molar-refractivity contribution in [2.45, 2.75) is 6.92 Å². The Labute approximate surface area is 170 Å². The van der Waals surface area contributed by atoms with Crippen LogP contribution in [0.5, 0.6) is 11.5 Å². The van der Waals surface area contributed by atoms with Gasteiger partial charge in [-0.25, -0.2) is 0 Å². The number of hydrazine groups is 1. The molecule has 0 fully saturated rings. The van der Waals surface area contributed by atoms with Crippen molar-refractivity contribution in [1.82, 2.24) is 16.2 Å². The number of carbonyl (C=O) groups is 2. The number of para-hydroxylation sites is 1. The molecule has 0 unspecified atom stereocenters. The third-order valence-electron chi connectivity index (χ3n) is 3.13. The fourth-order valence-electron chi connectivity index (χ4n) is 1.89. The van der Waals surface area contributed by atoms with E-state index in [2.05, 4.69) is 32.1 Å². The largest absolute Gasteiger partial charge is 0.484 e. The minimum absolute atomic E-state index is 0.0541. The van der Waals surface area contributed by atoms with Crippen molar-refractivity contribution < 1.29 is 19.1 Å². The predicted molar refractivity (Wildman–Crippen MR) is 108 cm³/mol. The maximum absolute atomic E-state index is 11.8. The van der Waals surface area contributed by atoms with Crippen LogP contribution in [0.1, 0.15) is 5.56 Å². The van der Waals surface area contributed by atoms with Crippen molar-refractivity contribution in [2.24, 2.45) is 0 Å². The molecule has 0 saturated carbocycles. The van der Waals surface area contributed by atoms with E-state index in [1.54, 1.807) is 30.3 Å². The molecular formula is C18H18BrN3O4S. The minimum Gasteiger partial charge on any atom is -0.484 e. The molecule has 0 aliphatic carbocycles. The van der Waals surface area contributed by atoms with Gasteiger partial charge in [0.05, 0.1) is 4.47 Å². The van der Waals surface area contributed by atoms with Crippen LogP contribution in [-0.4, -0.2) is 30.1 Å². The molecule has 2 aromatic carbocycles. The van der Waals surface area contributed by atoms with Crippen LogP contribution in [0.15, 0.2) is 53.0 Å². The molecule has 9 heteroatoms. The average Bonchev–Trinajstić information content (AvgIpc) is 2.65. The van der Waals surface area contributed by atoms with Gasteiger partial charge < -0.3 is 9.47 Å². The fourth-order valence-corrected chi connectivity index (χ4v) is 2.66. The number of benzene rings is 2. The second-order valence-corrected chi connectivity index (χ2v) is 6.64. The third kappa shape index (κ3) is 7.63. The Morgan fingerprint density at radius 2 is 1.70 bits per heavy atom. The van der Waals surface area contributed by atoms with Gasteiger partial charge >= 0.3 is 0 Å². The molecule has 0 aromatic heterocycles. The molecule has 2 rings (SSSR count). The Morgan fingerprint density at radius 3 is 2.41 bits per heavy atom. The topological polar surface area (TPSA) is 88.7 Å². The Balaban J connectivity index is 1.65. The molecule has 0 aliphatic heterocycles. The second kappa shape index (κ2) is 10.5. The molecule has 0 heterocycles. The van der Waals surface area contributed by atoms with Crippen molar-refractivity contribution >= 4 is 45.1 Å². The number of rotatable bonds is 6. The summed E-state index contributed by atoms with van der Waals surface area (Å²) in [6, 6.07) is 14.4. The Morgan fingerprint density at radius 1 is 1.00 bits per heavy atom. The first-order valence-corrected chi connectivity index (χ1v) is 9.09. The number of amides is 2. The highest BCUT2D eigenvalue weighted by Crippen LogP contribution is 2.25. The summed E-state index contributed by atoms with van der Waals surface area (Å²) in [5.74, 6) is 0.203. The van der Waals surface area contributed by atoms with Crippen LogP contribution in [0, 0.1) is 6.92 Å². The lowest BCUT2D eigenvalue weighted by molar-refractivity contribution is -0.124. The molecule has 2 aromatic rings. The lowest BCUT2D eigenvalue weighted by Gasteiger charge is -2.12. The van der Waals surface area contributed by atoms with E-state index in [0.717, 1.165) is 10.0 Å². The molecule has 142 valence electrons. The number of thiocarbonyl (C=S) groups is 1. The summed E-state index contributed by atoms with van der Waals surface area (Å²) in [6.45, 7) is 1.53. The van der Waals surface area contributed by atoms with Gasteiger partial charge in [-0.1, -0.05) is 24.3 Å². The highest BCUT2D eigenvalue weighted by atomic mass is 79.9. The van der Waals surface area contributed by atoms with Crippen LogP contribution < -0.4 is 25.6 Å². The summed E-state index contributed by atoms with van der Waals surface area (Å²) in [6.07, 6.45) is 0. The number of hydrogen-bond acceptors (Lipinski definition) is 5. The van der Waals surface area contributed by atoms with Gasteiger partial charge in [-0.05, 0) is 64.9 Å². The van der Waals surface area contributed by atoms with Crippen LogP contribution in [0.2, 0.25) is 0 Å². The number of carbonyl (C=O) groups excluding carboxylic acids is 2. The Bertz CT molecular complexity index is 818. The first kappa shape index (κ1) is 20.7. The van der Waals surface area contributed by atoms with E-state index < -0.39 is 11.8 Å². The van der Waals surface area contributed by atoms with Crippen LogP contribution in [-0.2, 0) is 9.59 Å². The minimum atomic E-state index is -0.459. The molecule has 0 saturated heterocycles. The van der Waals surface area contributed by atoms with E-state index in [4.69, 9.17) is 21.7 Å². The van der Waals surface area contributed by atoms with E-state index in [1.807, 2.05) is 25.1 Å². The molecule has 0 radical (unpaired) electrons. The van der Waals surface area contributed by atoms with Crippen molar-refractivity contribution in [2.75, 3.05) is 13.2 Å².